The number of esters is 1. The molecular weight excluding hydrogens is 286 g/mol. The number of halogens is 2. The summed E-state index contributed by atoms with van der Waals surface area (Å²) in [7, 11) is 0. The Labute approximate surface area is 123 Å². The Morgan fingerprint density at radius 1 is 1.24 bits per heavy atom. The van der Waals surface area contributed by atoms with Crippen molar-refractivity contribution >= 4 is 12.1 Å². The standard InChI is InChI=1S/C13H24F2N2O4/c1-8(2)10(18)20-9(3)21-12(19)17-7-5-6-13(4,16)11(14)15/h8-9,11H,5-7,16H2,1-4H3,(H,17,19). The second-order valence-corrected chi connectivity index (χ2v) is 5.40. The van der Waals surface area contributed by atoms with Gasteiger partial charge in [-0.15, -0.1) is 0 Å². The van der Waals surface area contributed by atoms with Gasteiger partial charge in [-0.1, -0.05) is 13.8 Å². The molecule has 2 atom stereocenters. The second-order valence-electron chi connectivity index (χ2n) is 5.40. The average Bonchev–Trinajstić information content (AvgIpc) is 2.34. The third-order valence-electron chi connectivity index (χ3n) is 2.69. The molecule has 2 unspecified atom stereocenters. The summed E-state index contributed by atoms with van der Waals surface area (Å²) in [6.45, 7) is 6.12. The molecule has 3 N–H and O–H groups in total. The van der Waals surface area contributed by atoms with Gasteiger partial charge in [0.2, 0.25) is 6.29 Å². The average molecular weight is 310 g/mol. The molecule has 21 heavy (non-hydrogen) atoms. The minimum absolute atomic E-state index is 0.0584. The Balaban J connectivity index is 3.88. The zero-order valence-corrected chi connectivity index (χ0v) is 12.8. The lowest BCUT2D eigenvalue weighted by Crippen LogP contribution is -2.44. The molecule has 0 aromatic carbocycles. The Morgan fingerprint density at radius 2 is 1.81 bits per heavy atom. The summed E-state index contributed by atoms with van der Waals surface area (Å²) in [5, 5.41) is 2.37. The highest BCUT2D eigenvalue weighted by atomic mass is 19.3. The van der Waals surface area contributed by atoms with E-state index in [9.17, 15) is 18.4 Å². The Kier molecular flexibility index (Phi) is 8.16. The molecular formula is C13H24F2N2O4. The van der Waals surface area contributed by atoms with E-state index in [2.05, 4.69) is 5.32 Å². The van der Waals surface area contributed by atoms with Crippen molar-refractivity contribution in [2.75, 3.05) is 6.54 Å². The van der Waals surface area contributed by atoms with Gasteiger partial charge in [0.1, 0.15) is 0 Å². The fourth-order valence-electron chi connectivity index (χ4n) is 1.28. The molecule has 0 rings (SSSR count). The molecule has 0 aromatic heterocycles. The maximum Gasteiger partial charge on any atom is 0.410 e. The van der Waals surface area contributed by atoms with Gasteiger partial charge in [-0.05, 0) is 19.8 Å². The van der Waals surface area contributed by atoms with Crippen LogP contribution in [-0.4, -0.2) is 36.9 Å². The Hall–Kier alpha value is -1.44. The number of alkyl halides is 2. The zero-order chi connectivity index (χ0) is 16.6. The topological polar surface area (TPSA) is 90.7 Å². The highest BCUT2D eigenvalue weighted by Crippen LogP contribution is 2.17. The molecule has 1 amide bonds. The van der Waals surface area contributed by atoms with Gasteiger partial charge in [0.05, 0.1) is 11.5 Å². The first-order valence-corrected chi connectivity index (χ1v) is 6.78. The van der Waals surface area contributed by atoms with E-state index < -0.39 is 30.3 Å². The van der Waals surface area contributed by atoms with Gasteiger partial charge < -0.3 is 20.5 Å². The fourth-order valence-corrected chi connectivity index (χ4v) is 1.28. The largest absolute Gasteiger partial charge is 0.425 e. The first-order chi connectivity index (χ1) is 9.56. The van der Waals surface area contributed by atoms with E-state index in [0.717, 1.165) is 0 Å². The van der Waals surface area contributed by atoms with E-state index in [1.807, 2.05) is 0 Å². The van der Waals surface area contributed by atoms with Crippen molar-refractivity contribution in [3.8, 4) is 0 Å². The first-order valence-electron chi connectivity index (χ1n) is 6.78. The number of amides is 1. The van der Waals surface area contributed by atoms with Crippen LogP contribution in [0.5, 0.6) is 0 Å². The summed E-state index contributed by atoms with van der Waals surface area (Å²) in [6.07, 6.45) is -4.08. The summed E-state index contributed by atoms with van der Waals surface area (Å²) in [4.78, 5) is 22.6. The SMILES string of the molecule is CC(OC(=O)NCCCC(C)(N)C(F)F)OC(=O)C(C)C. The van der Waals surface area contributed by atoms with E-state index in [0.29, 0.717) is 0 Å². The number of hydrogen-bond donors (Lipinski definition) is 2. The zero-order valence-electron chi connectivity index (χ0n) is 12.8. The van der Waals surface area contributed by atoms with Crippen LogP contribution >= 0.6 is 0 Å². The molecule has 0 saturated heterocycles. The Bertz CT molecular complexity index is 349. The van der Waals surface area contributed by atoms with Gasteiger partial charge in [-0.2, -0.15) is 0 Å². The van der Waals surface area contributed by atoms with Crippen molar-refractivity contribution in [3.63, 3.8) is 0 Å². The number of nitrogens with one attached hydrogen (secondary N) is 1. The van der Waals surface area contributed by atoms with Crippen molar-refractivity contribution in [2.24, 2.45) is 11.7 Å². The van der Waals surface area contributed by atoms with Crippen molar-refractivity contribution in [3.05, 3.63) is 0 Å². The number of carbonyl (C=O) groups excluding carboxylic acids is 2. The lowest BCUT2D eigenvalue weighted by Gasteiger charge is -2.23. The molecule has 0 saturated carbocycles. The quantitative estimate of drug-likeness (QED) is 0.406. The van der Waals surface area contributed by atoms with Gasteiger partial charge in [0.15, 0.2) is 0 Å². The highest BCUT2D eigenvalue weighted by Gasteiger charge is 2.29. The monoisotopic (exact) mass is 310 g/mol. The van der Waals surface area contributed by atoms with Gasteiger partial charge in [-0.3, -0.25) is 4.79 Å². The summed E-state index contributed by atoms with van der Waals surface area (Å²) in [6, 6.07) is 0. The van der Waals surface area contributed by atoms with Gasteiger partial charge >= 0.3 is 12.1 Å². The van der Waals surface area contributed by atoms with E-state index in [1.54, 1.807) is 13.8 Å². The third kappa shape index (κ3) is 8.44. The first kappa shape index (κ1) is 19.6. The van der Waals surface area contributed by atoms with E-state index >= 15 is 0 Å². The molecule has 8 heteroatoms. The van der Waals surface area contributed by atoms with Crippen molar-refractivity contribution in [1.82, 2.24) is 5.32 Å². The minimum Gasteiger partial charge on any atom is -0.425 e. The van der Waals surface area contributed by atoms with Crippen molar-refractivity contribution in [1.29, 1.82) is 0 Å². The smallest absolute Gasteiger partial charge is 0.410 e. The van der Waals surface area contributed by atoms with Gasteiger partial charge in [-0.25, -0.2) is 13.6 Å². The highest BCUT2D eigenvalue weighted by molar-refractivity contribution is 5.72. The van der Waals surface area contributed by atoms with E-state index in [4.69, 9.17) is 15.2 Å². The van der Waals surface area contributed by atoms with Crippen LogP contribution in [0.3, 0.4) is 0 Å². The van der Waals surface area contributed by atoms with Gasteiger partial charge in [0, 0.05) is 13.5 Å². The number of nitrogens with two attached hydrogens (primary N) is 1. The number of carbonyl (C=O) groups is 2. The molecule has 0 aliphatic carbocycles. The summed E-state index contributed by atoms with van der Waals surface area (Å²) >= 11 is 0. The summed E-state index contributed by atoms with van der Waals surface area (Å²) < 4.78 is 34.6. The van der Waals surface area contributed by atoms with Crippen LogP contribution < -0.4 is 11.1 Å². The molecule has 0 heterocycles. The number of alkyl carbamates (subject to hydrolysis) is 1. The predicted molar refractivity (Wildman–Crippen MR) is 72.7 cm³/mol. The molecule has 6 nitrogen and oxygen atoms in total. The van der Waals surface area contributed by atoms with Crippen molar-refractivity contribution < 1.29 is 27.8 Å². The van der Waals surface area contributed by atoms with Crippen LogP contribution in [0.2, 0.25) is 0 Å². The third-order valence-corrected chi connectivity index (χ3v) is 2.69. The normalized spacial score (nSPS) is 15.5. The number of ether oxygens (including phenoxy) is 2. The van der Waals surface area contributed by atoms with E-state index in [1.165, 1.54) is 13.8 Å². The summed E-state index contributed by atoms with van der Waals surface area (Å²) in [5.74, 6) is -0.804. The second kappa shape index (κ2) is 8.76. The maximum atomic E-state index is 12.5. The van der Waals surface area contributed by atoms with Crippen molar-refractivity contribution in [2.45, 2.75) is 58.8 Å². The van der Waals surface area contributed by atoms with Crippen LogP contribution in [0.25, 0.3) is 0 Å². The minimum atomic E-state index is -2.63. The molecule has 0 radical (unpaired) electrons. The van der Waals surface area contributed by atoms with Crippen LogP contribution in [0.1, 0.15) is 40.5 Å². The predicted octanol–water partition coefficient (Wildman–Crippen LogP) is 2.02. The van der Waals surface area contributed by atoms with Crippen LogP contribution in [0, 0.1) is 5.92 Å². The van der Waals surface area contributed by atoms with Crippen LogP contribution in [-0.2, 0) is 14.3 Å². The molecule has 0 aliphatic heterocycles. The lowest BCUT2D eigenvalue weighted by molar-refractivity contribution is -0.168. The molecule has 124 valence electrons. The Morgan fingerprint density at radius 3 is 2.29 bits per heavy atom. The maximum absolute atomic E-state index is 12.5. The fraction of sp³-hybridized carbons (Fsp3) is 0.846. The number of hydrogen-bond acceptors (Lipinski definition) is 5. The van der Waals surface area contributed by atoms with Gasteiger partial charge in [0.25, 0.3) is 6.43 Å². The molecule has 0 bridgehead atoms. The number of rotatable bonds is 8. The molecule has 0 spiro atoms. The van der Waals surface area contributed by atoms with Crippen LogP contribution in [0.4, 0.5) is 13.6 Å². The molecule has 0 aliphatic rings. The van der Waals surface area contributed by atoms with Crippen LogP contribution in [0.15, 0.2) is 0 Å². The lowest BCUT2D eigenvalue weighted by atomic mass is 9.98. The summed E-state index contributed by atoms with van der Waals surface area (Å²) in [5.41, 5.74) is 3.81. The molecule has 0 fully saturated rings. The van der Waals surface area contributed by atoms with E-state index in [-0.39, 0.29) is 25.3 Å². The molecule has 0 aromatic rings.